The molecule has 1 heterocycles. The van der Waals surface area contributed by atoms with Crippen molar-refractivity contribution in [3.8, 4) is 0 Å². The molecule has 6 heteroatoms. The van der Waals surface area contributed by atoms with Gasteiger partial charge in [-0.05, 0) is 23.3 Å². The van der Waals surface area contributed by atoms with E-state index in [1.807, 2.05) is 20.8 Å². The summed E-state index contributed by atoms with van der Waals surface area (Å²) in [7, 11) is 1.75. The first-order chi connectivity index (χ1) is 6.49. The molecule has 0 aliphatic carbocycles. The smallest absolute Gasteiger partial charge is 0.243 e. The Bertz CT molecular complexity index is 298. The summed E-state index contributed by atoms with van der Waals surface area (Å²) < 4.78 is 1.54. The number of rotatable bonds is 4. The Morgan fingerprint density at radius 1 is 1.57 bits per heavy atom. The standard InChI is InChI=1S/C8H17N5O/c1-6(2)8(3,5-14)9-7-10-11-12-13(7)4/h6,14H,5H2,1-4H3,(H,9,10,12). The van der Waals surface area contributed by atoms with E-state index in [-0.39, 0.29) is 12.5 Å². The first-order valence-electron chi connectivity index (χ1n) is 4.61. The lowest BCUT2D eigenvalue weighted by Gasteiger charge is -2.32. The van der Waals surface area contributed by atoms with E-state index in [4.69, 9.17) is 0 Å². The van der Waals surface area contributed by atoms with Crippen molar-refractivity contribution >= 4 is 5.95 Å². The van der Waals surface area contributed by atoms with Crippen molar-refractivity contribution < 1.29 is 5.11 Å². The van der Waals surface area contributed by atoms with Crippen LogP contribution in [0.25, 0.3) is 0 Å². The zero-order valence-electron chi connectivity index (χ0n) is 9.02. The van der Waals surface area contributed by atoms with Gasteiger partial charge in [-0.1, -0.05) is 18.9 Å². The zero-order valence-corrected chi connectivity index (χ0v) is 9.02. The second kappa shape index (κ2) is 3.91. The molecule has 1 unspecified atom stereocenters. The van der Waals surface area contributed by atoms with Gasteiger partial charge in [0.2, 0.25) is 5.95 Å². The molecule has 0 aliphatic heterocycles. The van der Waals surface area contributed by atoms with Gasteiger partial charge in [-0.25, -0.2) is 4.68 Å². The number of nitrogens with one attached hydrogen (secondary N) is 1. The van der Waals surface area contributed by atoms with E-state index in [2.05, 4.69) is 20.8 Å². The number of aliphatic hydroxyl groups excluding tert-OH is 1. The summed E-state index contributed by atoms with van der Waals surface area (Å²) in [5, 5.41) is 23.5. The highest BCUT2D eigenvalue weighted by molar-refractivity contribution is 5.27. The third-order valence-corrected chi connectivity index (χ3v) is 2.62. The van der Waals surface area contributed by atoms with Gasteiger partial charge >= 0.3 is 0 Å². The van der Waals surface area contributed by atoms with E-state index in [0.717, 1.165) is 0 Å². The molecule has 14 heavy (non-hydrogen) atoms. The van der Waals surface area contributed by atoms with Gasteiger partial charge in [-0.15, -0.1) is 0 Å². The van der Waals surface area contributed by atoms with Crippen molar-refractivity contribution in [3.05, 3.63) is 0 Å². The molecule has 0 amide bonds. The van der Waals surface area contributed by atoms with E-state index in [0.29, 0.717) is 5.95 Å². The second-order valence-corrected chi connectivity index (χ2v) is 3.98. The summed E-state index contributed by atoms with van der Waals surface area (Å²) in [6.45, 7) is 6.05. The molecule has 1 aromatic rings. The number of nitrogens with zero attached hydrogens (tertiary/aromatic N) is 4. The van der Waals surface area contributed by atoms with Gasteiger partial charge in [0.05, 0.1) is 12.1 Å². The maximum Gasteiger partial charge on any atom is 0.243 e. The van der Waals surface area contributed by atoms with E-state index in [9.17, 15) is 5.11 Å². The van der Waals surface area contributed by atoms with Crippen molar-refractivity contribution in [2.75, 3.05) is 11.9 Å². The quantitative estimate of drug-likeness (QED) is 0.715. The maximum atomic E-state index is 9.31. The lowest BCUT2D eigenvalue weighted by Crippen LogP contribution is -2.44. The van der Waals surface area contributed by atoms with Crippen molar-refractivity contribution in [2.24, 2.45) is 13.0 Å². The van der Waals surface area contributed by atoms with Gasteiger partial charge in [-0.3, -0.25) is 0 Å². The van der Waals surface area contributed by atoms with Crippen LogP contribution in [0.4, 0.5) is 5.95 Å². The zero-order chi connectivity index (χ0) is 10.8. The second-order valence-electron chi connectivity index (χ2n) is 3.98. The minimum absolute atomic E-state index is 0.0392. The van der Waals surface area contributed by atoms with Gasteiger partial charge in [0.25, 0.3) is 0 Å². The van der Waals surface area contributed by atoms with Gasteiger partial charge < -0.3 is 10.4 Å². The van der Waals surface area contributed by atoms with Crippen molar-refractivity contribution in [2.45, 2.75) is 26.3 Å². The molecule has 2 N–H and O–H groups in total. The number of tetrazole rings is 1. The predicted octanol–water partition coefficient (Wildman–Crippen LogP) is 0.0290. The molecule has 1 rings (SSSR count). The van der Waals surface area contributed by atoms with Crippen LogP contribution in [0.2, 0.25) is 0 Å². The van der Waals surface area contributed by atoms with Gasteiger partial charge in [0.1, 0.15) is 0 Å². The number of anilines is 1. The number of aryl methyl sites for hydroxylation is 1. The average molecular weight is 199 g/mol. The van der Waals surface area contributed by atoms with Crippen LogP contribution in [0.3, 0.4) is 0 Å². The summed E-state index contributed by atoms with van der Waals surface area (Å²) in [6, 6.07) is 0. The molecular formula is C8H17N5O. The fourth-order valence-electron chi connectivity index (χ4n) is 0.957. The first-order valence-corrected chi connectivity index (χ1v) is 4.61. The van der Waals surface area contributed by atoms with Crippen LogP contribution in [-0.4, -0.2) is 37.5 Å². The topological polar surface area (TPSA) is 75.9 Å². The molecule has 0 radical (unpaired) electrons. The average Bonchev–Trinajstić information content (AvgIpc) is 2.51. The lowest BCUT2D eigenvalue weighted by atomic mass is 9.89. The molecule has 80 valence electrons. The Morgan fingerprint density at radius 3 is 2.57 bits per heavy atom. The molecule has 0 aliphatic rings. The molecule has 6 nitrogen and oxygen atoms in total. The summed E-state index contributed by atoms with van der Waals surface area (Å²) in [5.41, 5.74) is -0.400. The molecule has 0 spiro atoms. The highest BCUT2D eigenvalue weighted by atomic mass is 16.3. The van der Waals surface area contributed by atoms with E-state index in [1.165, 1.54) is 4.68 Å². The summed E-state index contributed by atoms with van der Waals surface area (Å²) in [4.78, 5) is 0. The van der Waals surface area contributed by atoms with Crippen LogP contribution >= 0.6 is 0 Å². The minimum atomic E-state index is -0.400. The fraction of sp³-hybridized carbons (Fsp3) is 0.875. The predicted molar refractivity (Wildman–Crippen MR) is 52.7 cm³/mol. The maximum absolute atomic E-state index is 9.31. The molecule has 0 saturated heterocycles. The van der Waals surface area contributed by atoms with Crippen LogP contribution in [0.5, 0.6) is 0 Å². The normalized spacial score (nSPS) is 15.6. The van der Waals surface area contributed by atoms with Gasteiger partial charge in [0, 0.05) is 7.05 Å². The van der Waals surface area contributed by atoms with E-state index < -0.39 is 5.54 Å². The molecule has 1 aromatic heterocycles. The Kier molecular flexibility index (Phi) is 3.05. The molecule has 0 aromatic carbocycles. The lowest BCUT2D eigenvalue weighted by molar-refractivity contribution is 0.184. The number of aliphatic hydroxyl groups is 1. The molecule has 0 saturated carbocycles. The largest absolute Gasteiger partial charge is 0.394 e. The fourth-order valence-corrected chi connectivity index (χ4v) is 0.957. The van der Waals surface area contributed by atoms with Crippen molar-refractivity contribution in [1.82, 2.24) is 20.2 Å². The number of aromatic nitrogens is 4. The Hall–Kier alpha value is -1.17. The summed E-state index contributed by atoms with van der Waals surface area (Å²) in [6.07, 6.45) is 0. The molecular weight excluding hydrogens is 182 g/mol. The van der Waals surface area contributed by atoms with Crippen LogP contribution < -0.4 is 5.32 Å². The van der Waals surface area contributed by atoms with E-state index >= 15 is 0 Å². The SMILES string of the molecule is CC(C)C(C)(CO)Nc1nnnn1C. The van der Waals surface area contributed by atoms with Gasteiger partial charge in [-0.2, -0.15) is 0 Å². The number of hydrogen-bond acceptors (Lipinski definition) is 5. The van der Waals surface area contributed by atoms with Crippen molar-refractivity contribution in [1.29, 1.82) is 0 Å². The molecule has 1 atom stereocenters. The first kappa shape index (κ1) is 10.9. The number of hydrogen-bond donors (Lipinski definition) is 2. The monoisotopic (exact) mass is 199 g/mol. The van der Waals surface area contributed by atoms with Crippen molar-refractivity contribution in [3.63, 3.8) is 0 Å². The summed E-state index contributed by atoms with van der Waals surface area (Å²) in [5.74, 6) is 0.847. The Balaban J connectivity index is 2.80. The third-order valence-electron chi connectivity index (χ3n) is 2.62. The van der Waals surface area contributed by atoms with Gasteiger partial charge in [0.15, 0.2) is 0 Å². The molecule has 0 bridgehead atoms. The Morgan fingerprint density at radius 2 is 2.21 bits per heavy atom. The molecule has 0 fully saturated rings. The highest BCUT2D eigenvalue weighted by Gasteiger charge is 2.28. The Labute approximate surface area is 83.3 Å². The minimum Gasteiger partial charge on any atom is -0.394 e. The van der Waals surface area contributed by atoms with Crippen LogP contribution in [0.1, 0.15) is 20.8 Å². The van der Waals surface area contributed by atoms with Crippen LogP contribution in [0, 0.1) is 5.92 Å². The summed E-state index contributed by atoms with van der Waals surface area (Å²) >= 11 is 0. The highest BCUT2D eigenvalue weighted by Crippen LogP contribution is 2.20. The third kappa shape index (κ3) is 2.01. The van der Waals surface area contributed by atoms with E-state index in [1.54, 1.807) is 7.05 Å². The van der Waals surface area contributed by atoms with Crippen LogP contribution in [-0.2, 0) is 7.05 Å². The van der Waals surface area contributed by atoms with Crippen LogP contribution in [0.15, 0.2) is 0 Å².